The fourth-order valence-electron chi connectivity index (χ4n) is 2.82. The Morgan fingerprint density at radius 2 is 2.06 bits per heavy atom. The van der Waals surface area contributed by atoms with E-state index in [0.717, 1.165) is 5.92 Å². The Labute approximate surface area is 104 Å². The highest BCUT2D eigenvalue weighted by molar-refractivity contribution is 5.19. The van der Waals surface area contributed by atoms with Crippen molar-refractivity contribution >= 4 is 0 Å². The predicted molar refractivity (Wildman–Crippen MR) is 70.8 cm³/mol. The molecule has 17 heavy (non-hydrogen) atoms. The van der Waals surface area contributed by atoms with E-state index in [1.807, 2.05) is 18.2 Å². The van der Waals surface area contributed by atoms with Gasteiger partial charge in [0.05, 0.1) is 12.6 Å². The van der Waals surface area contributed by atoms with Crippen LogP contribution in [-0.2, 0) is 0 Å². The van der Waals surface area contributed by atoms with E-state index in [1.165, 1.54) is 31.2 Å². The Hall–Kier alpha value is -0.860. The first-order valence-electron chi connectivity index (χ1n) is 6.75. The minimum absolute atomic E-state index is 0.0943. The molecule has 0 bridgehead atoms. The molecule has 94 valence electrons. The average molecular weight is 233 g/mol. The summed E-state index contributed by atoms with van der Waals surface area (Å²) >= 11 is 0. The summed E-state index contributed by atoms with van der Waals surface area (Å²) in [4.78, 5) is 0. The number of rotatable bonds is 5. The molecule has 0 saturated heterocycles. The van der Waals surface area contributed by atoms with Gasteiger partial charge in [-0.3, -0.25) is 0 Å². The standard InChI is InChI=1S/C15H23NO/c1-2-12-8-9-14(10-12)16-15(11-17)13-6-4-3-5-7-13/h3-7,12,14-17H,2,8-11H2,1H3. The second kappa shape index (κ2) is 6.18. The van der Waals surface area contributed by atoms with Gasteiger partial charge in [-0.15, -0.1) is 0 Å². The molecule has 0 aliphatic heterocycles. The monoisotopic (exact) mass is 233 g/mol. The molecule has 0 heterocycles. The highest BCUT2D eigenvalue weighted by Gasteiger charge is 2.25. The SMILES string of the molecule is CCC1CCC(NC(CO)c2ccccc2)C1. The van der Waals surface area contributed by atoms with Crippen molar-refractivity contribution < 1.29 is 5.11 Å². The molecule has 2 N–H and O–H groups in total. The number of hydrogen-bond donors (Lipinski definition) is 2. The van der Waals surface area contributed by atoms with Crippen LogP contribution < -0.4 is 5.32 Å². The summed E-state index contributed by atoms with van der Waals surface area (Å²) in [5.41, 5.74) is 1.19. The molecule has 3 unspecified atom stereocenters. The molecule has 3 atom stereocenters. The van der Waals surface area contributed by atoms with Crippen LogP contribution in [0.1, 0.15) is 44.2 Å². The summed E-state index contributed by atoms with van der Waals surface area (Å²) in [6.07, 6.45) is 5.14. The van der Waals surface area contributed by atoms with Crippen LogP contribution in [0.5, 0.6) is 0 Å². The highest BCUT2D eigenvalue weighted by Crippen LogP contribution is 2.29. The predicted octanol–water partition coefficient (Wildman–Crippen LogP) is 2.89. The molecule has 1 aliphatic carbocycles. The Balaban J connectivity index is 1.92. The van der Waals surface area contributed by atoms with Gasteiger partial charge in [-0.05, 0) is 30.7 Å². The fourth-order valence-corrected chi connectivity index (χ4v) is 2.82. The van der Waals surface area contributed by atoms with Crippen molar-refractivity contribution in [2.24, 2.45) is 5.92 Å². The summed E-state index contributed by atoms with van der Waals surface area (Å²) in [5.74, 6) is 0.877. The number of aliphatic hydroxyl groups excluding tert-OH is 1. The van der Waals surface area contributed by atoms with E-state index in [2.05, 4.69) is 24.4 Å². The zero-order chi connectivity index (χ0) is 12.1. The summed E-state index contributed by atoms with van der Waals surface area (Å²) < 4.78 is 0. The molecular formula is C15H23NO. The molecule has 1 saturated carbocycles. The van der Waals surface area contributed by atoms with Crippen molar-refractivity contribution in [3.63, 3.8) is 0 Å². The van der Waals surface area contributed by atoms with Gasteiger partial charge in [0.25, 0.3) is 0 Å². The first kappa shape index (κ1) is 12.6. The normalized spacial score (nSPS) is 26.0. The minimum atomic E-state index is 0.0943. The van der Waals surface area contributed by atoms with Crippen LogP contribution in [0.15, 0.2) is 30.3 Å². The van der Waals surface area contributed by atoms with Crippen molar-refractivity contribution in [1.29, 1.82) is 0 Å². The van der Waals surface area contributed by atoms with Crippen LogP contribution in [0.4, 0.5) is 0 Å². The maximum Gasteiger partial charge on any atom is 0.0626 e. The summed E-state index contributed by atoms with van der Waals surface area (Å²) in [6.45, 7) is 2.45. The number of benzene rings is 1. The molecule has 1 aliphatic rings. The Bertz CT molecular complexity index is 325. The summed E-state index contributed by atoms with van der Waals surface area (Å²) in [5, 5.41) is 13.1. The van der Waals surface area contributed by atoms with Crippen molar-refractivity contribution in [1.82, 2.24) is 5.32 Å². The van der Waals surface area contributed by atoms with Gasteiger partial charge in [0.2, 0.25) is 0 Å². The van der Waals surface area contributed by atoms with Gasteiger partial charge in [-0.2, -0.15) is 0 Å². The van der Waals surface area contributed by atoms with Crippen molar-refractivity contribution in [3.8, 4) is 0 Å². The topological polar surface area (TPSA) is 32.3 Å². The van der Waals surface area contributed by atoms with E-state index in [1.54, 1.807) is 0 Å². The minimum Gasteiger partial charge on any atom is -0.394 e. The van der Waals surface area contributed by atoms with Gasteiger partial charge < -0.3 is 10.4 Å². The molecule has 0 amide bonds. The number of hydrogen-bond acceptors (Lipinski definition) is 2. The van der Waals surface area contributed by atoms with E-state index in [9.17, 15) is 5.11 Å². The third-order valence-corrected chi connectivity index (χ3v) is 3.94. The second-order valence-electron chi connectivity index (χ2n) is 5.10. The Kier molecular flexibility index (Phi) is 4.57. The van der Waals surface area contributed by atoms with E-state index < -0.39 is 0 Å². The molecule has 0 radical (unpaired) electrons. The van der Waals surface area contributed by atoms with Crippen LogP contribution in [0.25, 0.3) is 0 Å². The van der Waals surface area contributed by atoms with E-state index >= 15 is 0 Å². The molecule has 1 aromatic rings. The Morgan fingerprint density at radius 3 is 2.65 bits per heavy atom. The zero-order valence-corrected chi connectivity index (χ0v) is 10.6. The molecule has 2 nitrogen and oxygen atoms in total. The summed E-state index contributed by atoms with van der Waals surface area (Å²) in [6, 6.07) is 10.9. The van der Waals surface area contributed by atoms with E-state index in [0.29, 0.717) is 6.04 Å². The van der Waals surface area contributed by atoms with Gasteiger partial charge in [0, 0.05) is 6.04 Å². The average Bonchev–Trinajstić information content (AvgIpc) is 2.84. The number of aliphatic hydroxyl groups is 1. The maximum absolute atomic E-state index is 9.50. The quantitative estimate of drug-likeness (QED) is 0.819. The molecule has 0 spiro atoms. The fraction of sp³-hybridized carbons (Fsp3) is 0.600. The highest BCUT2D eigenvalue weighted by atomic mass is 16.3. The maximum atomic E-state index is 9.50. The van der Waals surface area contributed by atoms with Crippen molar-refractivity contribution in [2.45, 2.75) is 44.7 Å². The van der Waals surface area contributed by atoms with E-state index in [4.69, 9.17) is 0 Å². The Morgan fingerprint density at radius 1 is 1.29 bits per heavy atom. The molecule has 2 heteroatoms. The van der Waals surface area contributed by atoms with Gasteiger partial charge in [0.1, 0.15) is 0 Å². The second-order valence-corrected chi connectivity index (χ2v) is 5.10. The third-order valence-electron chi connectivity index (χ3n) is 3.94. The molecule has 2 rings (SSSR count). The van der Waals surface area contributed by atoms with Crippen molar-refractivity contribution in [3.05, 3.63) is 35.9 Å². The van der Waals surface area contributed by atoms with Crippen LogP contribution in [0.3, 0.4) is 0 Å². The molecule has 1 fully saturated rings. The lowest BCUT2D eigenvalue weighted by Crippen LogP contribution is -2.33. The zero-order valence-electron chi connectivity index (χ0n) is 10.6. The first-order valence-corrected chi connectivity index (χ1v) is 6.75. The van der Waals surface area contributed by atoms with Crippen LogP contribution in [0, 0.1) is 5.92 Å². The molecule has 0 aromatic heterocycles. The van der Waals surface area contributed by atoms with E-state index in [-0.39, 0.29) is 12.6 Å². The lowest BCUT2D eigenvalue weighted by atomic mass is 10.0. The van der Waals surface area contributed by atoms with Gasteiger partial charge >= 0.3 is 0 Å². The smallest absolute Gasteiger partial charge is 0.0626 e. The van der Waals surface area contributed by atoms with Gasteiger partial charge in [0.15, 0.2) is 0 Å². The number of nitrogens with one attached hydrogen (secondary N) is 1. The van der Waals surface area contributed by atoms with Crippen LogP contribution in [-0.4, -0.2) is 17.8 Å². The molecular weight excluding hydrogens is 210 g/mol. The molecule has 1 aromatic carbocycles. The van der Waals surface area contributed by atoms with Crippen LogP contribution >= 0.6 is 0 Å². The lowest BCUT2D eigenvalue weighted by Gasteiger charge is -2.21. The lowest BCUT2D eigenvalue weighted by molar-refractivity contribution is 0.232. The first-order chi connectivity index (χ1) is 8.33. The van der Waals surface area contributed by atoms with Gasteiger partial charge in [-0.1, -0.05) is 43.7 Å². The largest absolute Gasteiger partial charge is 0.394 e. The summed E-state index contributed by atoms with van der Waals surface area (Å²) in [7, 11) is 0. The van der Waals surface area contributed by atoms with Crippen molar-refractivity contribution in [2.75, 3.05) is 6.61 Å². The van der Waals surface area contributed by atoms with Gasteiger partial charge in [-0.25, -0.2) is 0 Å². The van der Waals surface area contributed by atoms with Crippen LogP contribution in [0.2, 0.25) is 0 Å². The third kappa shape index (κ3) is 3.30.